The van der Waals surface area contributed by atoms with E-state index in [1.807, 2.05) is 0 Å². The SMILES string of the molecule is COc1cccc(NC(=O)Cn2c3cc(OC)c(OC)cc3c3nc4n(c(=O)c32)[C@H]2CS(=O)(=O)C[C@H]2S4)c1. The van der Waals surface area contributed by atoms with Gasteiger partial charge in [0.05, 0.1) is 44.4 Å². The second kappa shape index (κ2) is 8.95. The highest BCUT2D eigenvalue weighted by Crippen LogP contribution is 2.45. The number of nitrogens with zero attached hydrogens (tertiary/aromatic N) is 3. The molecule has 2 aromatic carbocycles. The van der Waals surface area contributed by atoms with Gasteiger partial charge in [0.1, 0.15) is 23.3 Å². The lowest BCUT2D eigenvalue weighted by atomic mass is 10.2. The quantitative estimate of drug-likeness (QED) is 0.356. The third kappa shape index (κ3) is 3.88. The molecule has 4 heterocycles. The van der Waals surface area contributed by atoms with Gasteiger partial charge >= 0.3 is 0 Å². The molecule has 1 fully saturated rings. The molecule has 1 amide bonds. The first-order valence-corrected chi connectivity index (χ1v) is 14.4. The van der Waals surface area contributed by atoms with E-state index in [4.69, 9.17) is 19.2 Å². The van der Waals surface area contributed by atoms with Crippen LogP contribution in [0.15, 0.2) is 46.3 Å². The molecule has 2 aliphatic rings. The number of fused-ring (bicyclic) bond motifs is 6. The Bertz CT molecular complexity index is 1800. The molecule has 11 nitrogen and oxygen atoms in total. The lowest BCUT2D eigenvalue weighted by Gasteiger charge is -2.12. The molecule has 0 aliphatic carbocycles. The van der Waals surface area contributed by atoms with Crippen molar-refractivity contribution in [3.05, 3.63) is 46.8 Å². The van der Waals surface area contributed by atoms with Crippen molar-refractivity contribution >= 4 is 55.1 Å². The van der Waals surface area contributed by atoms with Crippen LogP contribution in [0.25, 0.3) is 21.9 Å². The van der Waals surface area contributed by atoms with E-state index >= 15 is 0 Å². The maximum absolute atomic E-state index is 14.0. The third-order valence-electron chi connectivity index (χ3n) is 6.89. The van der Waals surface area contributed by atoms with Crippen LogP contribution in [0.1, 0.15) is 6.04 Å². The molecule has 0 spiro atoms. The van der Waals surface area contributed by atoms with Gasteiger partial charge in [-0.05, 0) is 18.2 Å². The molecule has 2 aliphatic heterocycles. The van der Waals surface area contributed by atoms with E-state index in [1.165, 1.54) is 37.7 Å². The Kier molecular flexibility index (Phi) is 5.80. The molecule has 0 bridgehead atoms. The van der Waals surface area contributed by atoms with Gasteiger partial charge in [0.15, 0.2) is 26.5 Å². The maximum atomic E-state index is 14.0. The van der Waals surface area contributed by atoms with Crippen molar-refractivity contribution in [2.24, 2.45) is 0 Å². The van der Waals surface area contributed by atoms with E-state index in [0.717, 1.165) is 0 Å². The summed E-state index contributed by atoms with van der Waals surface area (Å²) in [6.07, 6.45) is 0. The van der Waals surface area contributed by atoms with Crippen molar-refractivity contribution in [3.63, 3.8) is 0 Å². The standard InChI is InChI=1S/C25H24N4O7S2/c1-34-14-6-4-5-13(7-14)26-21(30)10-28-16-9-19(36-3)18(35-2)8-15(16)22-23(28)24(31)29-17-11-38(32,33)12-20(17)37-25(29)27-22/h4-9,17,20H,10-12H2,1-3H3,(H,26,30)/t17-,20+/m0/s1. The van der Waals surface area contributed by atoms with Crippen LogP contribution in [0.3, 0.4) is 0 Å². The van der Waals surface area contributed by atoms with Gasteiger partial charge in [-0.25, -0.2) is 13.4 Å². The number of sulfone groups is 1. The number of hydrogen-bond donors (Lipinski definition) is 1. The van der Waals surface area contributed by atoms with E-state index in [1.54, 1.807) is 41.0 Å². The number of rotatable bonds is 6. The Labute approximate surface area is 221 Å². The lowest BCUT2D eigenvalue weighted by molar-refractivity contribution is -0.116. The van der Waals surface area contributed by atoms with Gasteiger partial charge in [0.2, 0.25) is 5.91 Å². The molecule has 2 aromatic heterocycles. The van der Waals surface area contributed by atoms with E-state index in [2.05, 4.69) is 5.32 Å². The van der Waals surface area contributed by atoms with Crippen LogP contribution in [0.5, 0.6) is 17.2 Å². The van der Waals surface area contributed by atoms with Crippen LogP contribution in [-0.2, 0) is 21.2 Å². The van der Waals surface area contributed by atoms with Crippen molar-refractivity contribution in [2.75, 3.05) is 38.2 Å². The highest BCUT2D eigenvalue weighted by atomic mass is 32.2. The van der Waals surface area contributed by atoms with Gasteiger partial charge < -0.3 is 24.1 Å². The molecule has 2 atom stereocenters. The fraction of sp³-hybridized carbons (Fsp3) is 0.320. The number of amides is 1. The Morgan fingerprint density at radius 2 is 1.87 bits per heavy atom. The number of ether oxygens (including phenoxy) is 3. The van der Waals surface area contributed by atoms with Crippen molar-refractivity contribution in [3.8, 4) is 17.2 Å². The molecule has 38 heavy (non-hydrogen) atoms. The first kappa shape index (κ1) is 24.6. The Hall–Kier alpha value is -3.71. The molecule has 0 saturated carbocycles. The van der Waals surface area contributed by atoms with Gasteiger partial charge in [0.25, 0.3) is 5.56 Å². The van der Waals surface area contributed by atoms with Crippen LogP contribution in [-0.4, -0.2) is 66.5 Å². The van der Waals surface area contributed by atoms with Gasteiger partial charge in [0, 0.05) is 28.5 Å². The zero-order valence-electron chi connectivity index (χ0n) is 20.8. The van der Waals surface area contributed by atoms with E-state index < -0.39 is 15.9 Å². The number of carbonyl (C=O) groups is 1. The van der Waals surface area contributed by atoms with Gasteiger partial charge in [-0.1, -0.05) is 17.8 Å². The van der Waals surface area contributed by atoms with Gasteiger partial charge in [-0.15, -0.1) is 0 Å². The summed E-state index contributed by atoms with van der Waals surface area (Å²) in [6.45, 7) is -0.192. The number of methoxy groups -OCH3 is 3. The molecule has 1 saturated heterocycles. The minimum absolute atomic E-state index is 0.00403. The normalized spacial score (nSPS) is 19.3. The molecule has 198 valence electrons. The minimum atomic E-state index is -3.25. The summed E-state index contributed by atoms with van der Waals surface area (Å²) in [6, 6.07) is 9.91. The summed E-state index contributed by atoms with van der Waals surface area (Å²) in [5.41, 5.74) is 1.35. The largest absolute Gasteiger partial charge is 0.497 e. The second-order valence-electron chi connectivity index (χ2n) is 9.16. The van der Waals surface area contributed by atoms with Crippen LogP contribution in [0, 0.1) is 0 Å². The summed E-state index contributed by atoms with van der Waals surface area (Å²) in [5.74, 6) is 1.01. The zero-order chi connectivity index (χ0) is 26.8. The number of carbonyl (C=O) groups excluding carboxylic acids is 1. The summed E-state index contributed by atoms with van der Waals surface area (Å²) < 4.78 is 43.9. The minimum Gasteiger partial charge on any atom is -0.497 e. The first-order valence-electron chi connectivity index (χ1n) is 11.7. The summed E-state index contributed by atoms with van der Waals surface area (Å²) in [4.78, 5) is 32.0. The number of thioether (sulfide) groups is 1. The molecule has 0 radical (unpaired) electrons. The lowest BCUT2D eigenvalue weighted by Crippen LogP contribution is -2.29. The number of anilines is 1. The average molecular weight is 557 g/mol. The van der Waals surface area contributed by atoms with E-state index in [-0.39, 0.29) is 40.3 Å². The summed E-state index contributed by atoms with van der Waals surface area (Å²) >= 11 is 1.31. The maximum Gasteiger partial charge on any atom is 0.279 e. The smallest absolute Gasteiger partial charge is 0.279 e. The van der Waals surface area contributed by atoms with Crippen molar-refractivity contribution in [1.29, 1.82) is 0 Å². The molecule has 13 heteroatoms. The monoisotopic (exact) mass is 556 g/mol. The molecule has 0 unspecified atom stereocenters. The number of aromatic nitrogens is 3. The van der Waals surface area contributed by atoms with Crippen LogP contribution in [0.2, 0.25) is 0 Å². The van der Waals surface area contributed by atoms with Crippen LogP contribution >= 0.6 is 11.8 Å². The fourth-order valence-electron chi connectivity index (χ4n) is 5.21. The van der Waals surface area contributed by atoms with Crippen LogP contribution in [0.4, 0.5) is 5.69 Å². The van der Waals surface area contributed by atoms with Crippen LogP contribution < -0.4 is 25.1 Å². The summed E-state index contributed by atoms with van der Waals surface area (Å²) in [7, 11) is 1.31. The number of hydrogen-bond acceptors (Lipinski definition) is 9. The highest BCUT2D eigenvalue weighted by Gasteiger charge is 2.46. The average Bonchev–Trinajstić information content (AvgIpc) is 3.48. The summed E-state index contributed by atoms with van der Waals surface area (Å²) in [5, 5.41) is 3.68. The predicted molar refractivity (Wildman–Crippen MR) is 144 cm³/mol. The van der Waals surface area contributed by atoms with Gasteiger partial charge in [-0.3, -0.25) is 14.2 Å². The Morgan fingerprint density at radius 3 is 2.61 bits per heavy atom. The molecule has 1 N–H and O–H groups in total. The molecular weight excluding hydrogens is 532 g/mol. The highest BCUT2D eigenvalue weighted by molar-refractivity contribution is 8.02. The van der Waals surface area contributed by atoms with Gasteiger partial charge in [-0.2, -0.15) is 0 Å². The van der Waals surface area contributed by atoms with Crippen molar-refractivity contribution in [1.82, 2.24) is 14.1 Å². The first-order chi connectivity index (χ1) is 18.2. The zero-order valence-corrected chi connectivity index (χ0v) is 22.4. The molecule has 6 rings (SSSR count). The fourth-order valence-corrected chi connectivity index (χ4v) is 9.11. The van der Waals surface area contributed by atoms with Crippen molar-refractivity contribution < 1.29 is 27.4 Å². The predicted octanol–water partition coefficient (Wildman–Crippen LogP) is 2.46. The molecular formula is C25H24N4O7S2. The van der Waals surface area contributed by atoms with E-state index in [0.29, 0.717) is 44.5 Å². The topological polar surface area (TPSA) is 131 Å². The molecule has 4 aromatic rings. The van der Waals surface area contributed by atoms with Crippen molar-refractivity contribution in [2.45, 2.75) is 23.0 Å². The van der Waals surface area contributed by atoms with E-state index in [9.17, 15) is 18.0 Å². The Morgan fingerprint density at radius 1 is 1.11 bits per heavy atom. The number of benzene rings is 2. The number of nitrogens with one attached hydrogen (secondary N) is 1. The Balaban J connectivity index is 1.53. The second-order valence-corrected chi connectivity index (χ2v) is 12.5. The third-order valence-corrected chi connectivity index (χ3v) is 10.1.